The van der Waals surface area contributed by atoms with E-state index in [9.17, 15) is 0 Å². The van der Waals surface area contributed by atoms with E-state index in [1.54, 1.807) is 0 Å². The number of nitrogens with zero attached hydrogens (tertiary/aromatic N) is 3. The Morgan fingerprint density at radius 2 is 2.04 bits per heavy atom. The molecule has 0 saturated carbocycles. The minimum atomic E-state index is 0.221. The molecule has 1 aliphatic rings. The molecule has 6 heteroatoms. The lowest BCUT2D eigenvalue weighted by Crippen LogP contribution is -2.29. The molecule has 0 saturated heterocycles. The van der Waals surface area contributed by atoms with Crippen molar-refractivity contribution in [3.05, 3.63) is 52.4 Å². The molecule has 1 atom stereocenters. The van der Waals surface area contributed by atoms with Crippen molar-refractivity contribution in [3.63, 3.8) is 0 Å². The van der Waals surface area contributed by atoms with E-state index in [1.807, 2.05) is 24.3 Å². The summed E-state index contributed by atoms with van der Waals surface area (Å²) in [6.45, 7) is 2.20. The average Bonchev–Trinajstić information content (AvgIpc) is 2.58. The Morgan fingerprint density at radius 3 is 2.79 bits per heavy atom. The van der Waals surface area contributed by atoms with E-state index < -0.39 is 0 Å². The van der Waals surface area contributed by atoms with Crippen LogP contribution >= 0.6 is 11.6 Å². The lowest BCUT2D eigenvalue weighted by molar-refractivity contribution is 0.576. The number of rotatable bonds is 1. The number of aromatic nitrogens is 3. The predicted molar refractivity (Wildman–Crippen MR) is 95.3 cm³/mol. The molecule has 5 nitrogen and oxygen atoms in total. The van der Waals surface area contributed by atoms with Gasteiger partial charge in [-0.1, -0.05) is 30.7 Å². The fraction of sp³-hybridized carbons (Fsp3) is 0.278. The minimum Gasteiger partial charge on any atom is -0.336 e. The molecule has 0 fully saturated rings. The van der Waals surface area contributed by atoms with E-state index >= 15 is 0 Å². The molecule has 0 spiro atoms. The number of hydrogen-bond acceptors (Lipinski definition) is 4. The molecular weight excluding hydrogens is 322 g/mol. The van der Waals surface area contributed by atoms with Gasteiger partial charge >= 0.3 is 0 Å². The largest absolute Gasteiger partial charge is 0.336 e. The lowest BCUT2D eigenvalue weighted by Gasteiger charge is -2.25. The van der Waals surface area contributed by atoms with Gasteiger partial charge in [-0.2, -0.15) is 0 Å². The third-order valence-corrected chi connectivity index (χ3v) is 5.03. The van der Waals surface area contributed by atoms with Crippen LogP contribution in [-0.2, 0) is 6.42 Å². The van der Waals surface area contributed by atoms with Crippen molar-refractivity contribution in [2.45, 2.75) is 32.1 Å². The molecule has 3 aromatic rings. The number of nitrogens with two attached hydrogens (primary N) is 1. The summed E-state index contributed by atoms with van der Waals surface area (Å²) in [4.78, 5) is 9.14. The van der Waals surface area contributed by atoms with Gasteiger partial charge in [-0.05, 0) is 48.4 Å². The second-order valence-electron chi connectivity index (χ2n) is 6.35. The van der Waals surface area contributed by atoms with Crippen LogP contribution in [0.15, 0.2) is 30.6 Å². The van der Waals surface area contributed by atoms with E-state index in [1.165, 1.54) is 16.6 Å². The molecular formula is C18H18ClN5. The standard InChI is InChI=1S/C18H18ClN5/c1-10-3-2-4-13-14(11-5-7-12(19)8-6-11)15-17(20)24(21)9-22-18(15)23-16(10)13/h5-10,20H,2-4,21H2,1H3. The molecule has 1 unspecified atom stereocenters. The van der Waals surface area contributed by atoms with E-state index in [2.05, 4.69) is 11.9 Å². The highest BCUT2D eigenvalue weighted by atomic mass is 35.5. The zero-order valence-electron chi connectivity index (χ0n) is 13.4. The summed E-state index contributed by atoms with van der Waals surface area (Å²) in [6, 6.07) is 7.73. The Bertz CT molecular complexity index is 991. The fourth-order valence-corrected chi connectivity index (χ4v) is 3.69. The first-order valence-corrected chi connectivity index (χ1v) is 8.44. The molecule has 1 aliphatic carbocycles. The molecule has 24 heavy (non-hydrogen) atoms. The van der Waals surface area contributed by atoms with Crippen molar-refractivity contribution in [3.8, 4) is 11.1 Å². The molecule has 122 valence electrons. The van der Waals surface area contributed by atoms with Crippen LogP contribution in [0.25, 0.3) is 22.2 Å². The molecule has 0 aliphatic heterocycles. The molecule has 0 radical (unpaired) electrons. The average molecular weight is 340 g/mol. The van der Waals surface area contributed by atoms with E-state index in [0.717, 1.165) is 36.1 Å². The van der Waals surface area contributed by atoms with Crippen LogP contribution in [0.1, 0.15) is 36.9 Å². The fourth-order valence-electron chi connectivity index (χ4n) is 3.57. The molecule has 2 heterocycles. The first-order valence-electron chi connectivity index (χ1n) is 8.06. The first kappa shape index (κ1) is 15.1. The highest BCUT2D eigenvalue weighted by Gasteiger charge is 2.25. The van der Waals surface area contributed by atoms with E-state index in [-0.39, 0.29) is 5.49 Å². The normalized spacial score (nSPS) is 17.0. The van der Waals surface area contributed by atoms with Crippen LogP contribution in [0, 0.1) is 5.41 Å². The Morgan fingerprint density at radius 1 is 1.29 bits per heavy atom. The Hall–Kier alpha value is -2.40. The first-order chi connectivity index (χ1) is 11.6. The van der Waals surface area contributed by atoms with Crippen molar-refractivity contribution in [1.29, 1.82) is 5.41 Å². The number of halogens is 1. The number of hydrogen-bond donors (Lipinski definition) is 2. The summed E-state index contributed by atoms with van der Waals surface area (Å²) in [5, 5.41) is 9.82. The van der Waals surface area contributed by atoms with Gasteiger partial charge in [0, 0.05) is 16.3 Å². The summed E-state index contributed by atoms with van der Waals surface area (Å²) in [5.41, 5.74) is 5.16. The molecule has 1 aromatic carbocycles. The van der Waals surface area contributed by atoms with Crippen LogP contribution in [0.2, 0.25) is 5.02 Å². The maximum atomic E-state index is 8.42. The highest BCUT2D eigenvalue weighted by molar-refractivity contribution is 6.30. The number of nitrogen functional groups attached to an aromatic ring is 1. The zero-order valence-corrected chi connectivity index (χ0v) is 14.1. The van der Waals surface area contributed by atoms with Crippen molar-refractivity contribution >= 4 is 22.6 Å². The number of pyridine rings is 1. The minimum absolute atomic E-state index is 0.221. The SMILES string of the molecule is CC1CCCc2c1nc1ncn(N)c(=N)c1c2-c1ccc(Cl)cc1. The molecule has 3 N–H and O–H groups in total. The van der Waals surface area contributed by atoms with Gasteiger partial charge in [0.05, 0.1) is 5.39 Å². The van der Waals surface area contributed by atoms with Crippen molar-refractivity contribution in [2.24, 2.45) is 0 Å². The summed E-state index contributed by atoms with van der Waals surface area (Å²) >= 11 is 6.05. The number of nitrogens with one attached hydrogen (secondary N) is 1. The maximum absolute atomic E-state index is 8.42. The van der Waals surface area contributed by atoms with Gasteiger partial charge in [0.1, 0.15) is 6.33 Å². The van der Waals surface area contributed by atoms with Gasteiger partial charge in [0.2, 0.25) is 0 Å². The monoisotopic (exact) mass is 339 g/mol. The number of fused-ring (bicyclic) bond motifs is 2. The van der Waals surface area contributed by atoms with Crippen LogP contribution in [0.4, 0.5) is 0 Å². The molecule has 4 rings (SSSR count). The summed E-state index contributed by atoms with van der Waals surface area (Å²) in [5.74, 6) is 6.27. The summed E-state index contributed by atoms with van der Waals surface area (Å²) in [6.07, 6.45) is 4.66. The van der Waals surface area contributed by atoms with Crippen LogP contribution in [0.5, 0.6) is 0 Å². The topological polar surface area (TPSA) is 80.6 Å². The quantitative estimate of drug-likeness (QED) is 0.667. The maximum Gasteiger partial charge on any atom is 0.165 e. The van der Waals surface area contributed by atoms with Crippen LogP contribution < -0.4 is 11.3 Å². The lowest BCUT2D eigenvalue weighted by atomic mass is 9.83. The van der Waals surface area contributed by atoms with Crippen molar-refractivity contribution in [2.75, 3.05) is 5.84 Å². The van der Waals surface area contributed by atoms with E-state index in [4.69, 9.17) is 27.8 Å². The smallest absolute Gasteiger partial charge is 0.165 e. The van der Waals surface area contributed by atoms with Crippen molar-refractivity contribution in [1.82, 2.24) is 14.6 Å². The van der Waals surface area contributed by atoms with Gasteiger partial charge in [-0.3, -0.25) is 5.41 Å². The predicted octanol–water partition coefficient (Wildman–Crippen LogP) is 3.38. The number of benzene rings is 1. The Kier molecular flexibility index (Phi) is 3.53. The molecule has 0 bridgehead atoms. The second-order valence-corrected chi connectivity index (χ2v) is 6.79. The highest BCUT2D eigenvalue weighted by Crippen LogP contribution is 2.39. The third kappa shape index (κ3) is 2.27. The Labute approximate surface area is 144 Å². The van der Waals surface area contributed by atoms with Crippen LogP contribution in [-0.4, -0.2) is 14.6 Å². The summed E-state index contributed by atoms with van der Waals surface area (Å²) < 4.78 is 1.24. The van der Waals surface area contributed by atoms with Crippen molar-refractivity contribution < 1.29 is 0 Å². The van der Waals surface area contributed by atoms with Gasteiger partial charge in [-0.25, -0.2) is 14.6 Å². The van der Waals surface area contributed by atoms with E-state index in [0.29, 0.717) is 22.0 Å². The summed E-state index contributed by atoms with van der Waals surface area (Å²) in [7, 11) is 0. The second kappa shape index (κ2) is 5.60. The van der Waals surface area contributed by atoms with Crippen LogP contribution in [0.3, 0.4) is 0 Å². The third-order valence-electron chi connectivity index (χ3n) is 4.77. The van der Waals surface area contributed by atoms with Gasteiger partial charge in [0.25, 0.3) is 0 Å². The van der Waals surface area contributed by atoms with Gasteiger partial charge < -0.3 is 5.84 Å². The molecule has 2 aromatic heterocycles. The zero-order chi connectivity index (χ0) is 16.8. The molecule has 0 amide bonds. The van der Waals surface area contributed by atoms with Gasteiger partial charge in [-0.15, -0.1) is 0 Å². The van der Waals surface area contributed by atoms with Gasteiger partial charge in [0.15, 0.2) is 11.1 Å². The Balaban J connectivity index is 2.17.